The van der Waals surface area contributed by atoms with E-state index in [2.05, 4.69) is 4.74 Å². The van der Waals surface area contributed by atoms with Crippen molar-refractivity contribution in [2.45, 2.75) is 32.7 Å². The third-order valence-corrected chi connectivity index (χ3v) is 4.70. The maximum absolute atomic E-state index is 12.8. The van der Waals surface area contributed by atoms with Crippen LogP contribution in [0.1, 0.15) is 26.7 Å². The summed E-state index contributed by atoms with van der Waals surface area (Å²) >= 11 is 0. The zero-order valence-electron chi connectivity index (χ0n) is 15.4. The predicted molar refractivity (Wildman–Crippen MR) is 96.9 cm³/mol. The highest BCUT2D eigenvalue weighted by molar-refractivity contribution is 5.84. The third kappa shape index (κ3) is 4.50. The maximum atomic E-state index is 12.8. The summed E-state index contributed by atoms with van der Waals surface area (Å²) in [4.78, 5) is 38.7. The molecule has 1 aliphatic heterocycles. The van der Waals surface area contributed by atoms with E-state index in [0.29, 0.717) is 31.6 Å². The van der Waals surface area contributed by atoms with Gasteiger partial charge in [-0.3, -0.25) is 19.7 Å². The van der Waals surface area contributed by atoms with Crippen LogP contribution in [0.2, 0.25) is 0 Å². The van der Waals surface area contributed by atoms with Crippen molar-refractivity contribution in [1.82, 2.24) is 4.90 Å². The van der Waals surface area contributed by atoms with E-state index < -0.39 is 5.97 Å². The lowest BCUT2D eigenvalue weighted by Crippen LogP contribution is -2.47. The Morgan fingerprint density at radius 1 is 1.31 bits per heavy atom. The molecular weight excluding hydrogens is 338 g/mol. The summed E-state index contributed by atoms with van der Waals surface area (Å²) in [7, 11) is 1.30. The molecule has 1 aromatic rings. The lowest BCUT2D eigenvalue weighted by atomic mass is 9.94. The lowest BCUT2D eigenvalue weighted by Gasteiger charge is -2.36. The van der Waals surface area contributed by atoms with E-state index in [9.17, 15) is 19.7 Å². The largest absolute Gasteiger partial charge is 0.468 e. The number of esters is 1. The van der Waals surface area contributed by atoms with Crippen LogP contribution in [0.4, 0.5) is 11.4 Å². The molecule has 1 aliphatic rings. The number of piperidine rings is 1. The fraction of sp³-hybridized carbons (Fsp3) is 0.556. The molecule has 0 saturated carbocycles. The molecule has 0 atom stereocenters. The topological polar surface area (TPSA) is 93.0 Å². The van der Waals surface area contributed by atoms with Gasteiger partial charge in [-0.15, -0.1) is 0 Å². The van der Waals surface area contributed by atoms with Crippen LogP contribution in [-0.2, 0) is 14.3 Å². The van der Waals surface area contributed by atoms with E-state index >= 15 is 0 Å². The molecule has 0 spiro atoms. The molecule has 0 bridgehead atoms. The number of amides is 1. The quantitative estimate of drug-likeness (QED) is 0.437. The number of para-hydroxylation sites is 2. The molecule has 0 radical (unpaired) electrons. The van der Waals surface area contributed by atoms with Gasteiger partial charge in [-0.05, 0) is 32.8 Å². The first-order valence-corrected chi connectivity index (χ1v) is 8.70. The smallest absolute Gasteiger partial charge is 0.325 e. The van der Waals surface area contributed by atoms with Crippen LogP contribution < -0.4 is 4.90 Å². The summed E-state index contributed by atoms with van der Waals surface area (Å²) in [6, 6.07) is 6.54. The number of carbonyl (C=O) groups is 2. The summed E-state index contributed by atoms with van der Waals surface area (Å²) in [5, 5.41) is 11.2. The highest BCUT2D eigenvalue weighted by atomic mass is 16.6. The minimum atomic E-state index is -0.440. The second kappa shape index (κ2) is 8.64. The Morgan fingerprint density at radius 2 is 1.92 bits per heavy atom. The molecule has 8 heteroatoms. The van der Waals surface area contributed by atoms with Crippen molar-refractivity contribution in [3.63, 3.8) is 0 Å². The van der Waals surface area contributed by atoms with Crippen LogP contribution >= 0.6 is 0 Å². The summed E-state index contributed by atoms with van der Waals surface area (Å²) in [5.74, 6) is -0.696. The van der Waals surface area contributed by atoms with Crippen molar-refractivity contribution < 1.29 is 19.2 Å². The number of hydrogen-bond acceptors (Lipinski definition) is 6. The van der Waals surface area contributed by atoms with E-state index in [1.165, 1.54) is 18.1 Å². The number of hydrogen-bond donors (Lipinski definition) is 0. The number of benzene rings is 1. The standard InChI is InChI=1S/C18H25N3O5/c1-13(2)20(12-17(22)26-3)18(23)14-8-10-19(11-9-14)15-6-4-5-7-16(15)21(24)25/h4-7,13-14H,8-12H2,1-3H3. The lowest BCUT2D eigenvalue weighted by molar-refractivity contribution is -0.384. The first kappa shape index (κ1) is 19.7. The fourth-order valence-corrected chi connectivity index (χ4v) is 3.21. The normalized spacial score (nSPS) is 15.0. The fourth-order valence-electron chi connectivity index (χ4n) is 3.21. The summed E-state index contributed by atoms with van der Waals surface area (Å²) < 4.78 is 4.67. The minimum absolute atomic E-state index is 0.0582. The molecule has 0 aliphatic carbocycles. The van der Waals surface area contributed by atoms with Crippen molar-refractivity contribution in [2.75, 3.05) is 31.6 Å². The number of anilines is 1. The van der Waals surface area contributed by atoms with Gasteiger partial charge in [-0.2, -0.15) is 0 Å². The Hall–Kier alpha value is -2.64. The van der Waals surface area contributed by atoms with E-state index in [4.69, 9.17) is 0 Å². The number of ether oxygens (including phenoxy) is 1. The molecule has 1 aromatic carbocycles. The van der Waals surface area contributed by atoms with Gasteiger partial charge in [0.05, 0.1) is 12.0 Å². The van der Waals surface area contributed by atoms with Crippen molar-refractivity contribution in [1.29, 1.82) is 0 Å². The Morgan fingerprint density at radius 3 is 2.46 bits per heavy atom. The predicted octanol–water partition coefficient (Wildman–Crippen LogP) is 2.22. The van der Waals surface area contributed by atoms with E-state index in [-0.39, 0.29) is 35.0 Å². The molecule has 142 valence electrons. The molecule has 8 nitrogen and oxygen atoms in total. The Bertz CT molecular complexity index is 669. The van der Waals surface area contributed by atoms with Gasteiger partial charge in [0.15, 0.2) is 0 Å². The zero-order valence-corrected chi connectivity index (χ0v) is 15.4. The van der Waals surface area contributed by atoms with Crippen LogP contribution in [-0.4, -0.2) is 54.5 Å². The molecular formula is C18H25N3O5. The second-order valence-corrected chi connectivity index (χ2v) is 6.64. The number of methoxy groups -OCH3 is 1. The van der Waals surface area contributed by atoms with Gasteiger partial charge in [0.25, 0.3) is 5.69 Å². The molecule has 0 unspecified atom stereocenters. The van der Waals surface area contributed by atoms with Gasteiger partial charge in [-0.25, -0.2) is 0 Å². The first-order chi connectivity index (χ1) is 12.3. The van der Waals surface area contributed by atoms with Gasteiger partial charge in [0.2, 0.25) is 5.91 Å². The third-order valence-electron chi connectivity index (χ3n) is 4.70. The zero-order chi connectivity index (χ0) is 19.3. The van der Waals surface area contributed by atoms with Crippen LogP contribution in [0, 0.1) is 16.0 Å². The number of rotatable bonds is 6. The number of carbonyl (C=O) groups excluding carboxylic acids is 2. The molecule has 0 N–H and O–H groups in total. The first-order valence-electron chi connectivity index (χ1n) is 8.70. The van der Waals surface area contributed by atoms with Crippen molar-refractivity contribution >= 4 is 23.3 Å². The SMILES string of the molecule is COC(=O)CN(C(=O)C1CCN(c2ccccc2[N+](=O)[O-])CC1)C(C)C. The van der Waals surface area contributed by atoms with Crippen LogP contribution in [0.25, 0.3) is 0 Å². The molecule has 1 heterocycles. The van der Waals surface area contributed by atoms with E-state index in [0.717, 1.165) is 0 Å². The highest BCUT2D eigenvalue weighted by Gasteiger charge is 2.32. The highest BCUT2D eigenvalue weighted by Crippen LogP contribution is 2.31. The Labute approximate surface area is 152 Å². The van der Waals surface area contributed by atoms with Crippen LogP contribution in [0.3, 0.4) is 0 Å². The molecule has 0 aromatic heterocycles. The van der Waals surface area contributed by atoms with Crippen molar-refractivity contribution in [3.8, 4) is 0 Å². The average molecular weight is 363 g/mol. The molecule has 1 saturated heterocycles. The molecule has 26 heavy (non-hydrogen) atoms. The van der Waals surface area contributed by atoms with Gasteiger partial charge in [-0.1, -0.05) is 12.1 Å². The summed E-state index contributed by atoms with van der Waals surface area (Å²) in [6.07, 6.45) is 1.19. The molecule has 2 rings (SSSR count). The van der Waals surface area contributed by atoms with Gasteiger partial charge in [0, 0.05) is 31.1 Å². The van der Waals surface area contributed by atoms with Crippen molar-refractivity contribution in [2.24, 2.45) is 5.92 Å². The van der Waals surface area contributed by atoms with Gasteiger partial charge >= 0.3 is 5.97 Å². The summed E-state index contributed by atoms with van der Waals surface area (Å²) in [5.41, 5.74) is 0.658. The van der Waals surface area contributed by atoms with Crippen molar-refractivity contribution in [3.05, 3.63) is 34.4 Å². The van der Waals surface area contributed by atoms with Crippen LogP contribution in [0.15, 0.2) is 24.3 Å². The average Bonchev–Trinajstić information content (AvgIpc) is 2.65. The Kier molecular flexibility index (Phi) is 6.54. The maximum Gasteiger partial charge on any atom is 0.325 e. The molecule has 1 amide bonds. The molecule has 1 fully saturated rings. The monoisotopic (exact) mass is 363 g/mol. The van der Waals surface area contributed by atoms with E-state index in [1.54, 1.807) is 18.2 Å². The Balaban J connectivity index is 2.04. The second-order valence-electron chi connectivity index (χ2n) is 6.64. The van der Waals surface area contributed by atoms with E-state index in [1.807, 2.05) is 18.7 Å². The summed E-state index contributed by atoms with van der Waals surface area (Å²) in [6.45, 7) is 4.79. The van der Waals surface area contributed by atoms with Gasteiger partial charge in [0.1, 0.15) is 12.2 Å². The number of nitro groups is 1. The van der Waals surface area contributed by atoms with Crippen LogP contribution in [0.5, 0.6) is 0 Å². The number of nitro benzene ring substituents is 1. The minimum Gasteiger partial charge on any atom is -0.468 e. The van der Waals surface area contributed by atoms with Gasteiger partial charge < -0.3 is 14.5 Å². The number of nitrogens with zero attached hydrogens (tertiary/aromatic N) is 3.